The molecule has 1 rings (SSSR count). The van der Waals surface area contributed by atoms with Gasteiger partial charge in [-0.1, -0.05) is 0 Å². The molecule has 0 saturated heterocycles. The van der Waals surface area contributed by atoms with Crippen molar-refractivity contribution in [1.29, 1.82) is 0 Å². The Hall–Kier alpha value is -1.69. The van der Waals surface area contributed by atoms with Gasteiger partial charge in [-0.05, 0) is 20.0 Å². The van der Waals surface area contributed by atoms with Crippen LogP contribution in [-0.4, -0.2) is 23.1 Å². The van der Waals surface area contributed by atoms with E-state index < -0.39 is 10.4 Å². The lowest BCUT2D eigenvalue weighted by Crippen LogP contribution is -2.14. The normalized spacial score (nSPS) is 10.2. The highest BCUT2D eigenvalue weighted by Crippen LogP contribution is 2.02. The largest absolute Gasteiger partial charge is 0.348 e. The van der Waals surface area contributed by atoms with Crippen molar-refractivity contribution in [2.24, 2.45) is 0 Å². The highest BCUT2D eigenvalue weighted by molar-refractivity contribution is 5.25. The first-order chi connectivity index (χ1) is 7.15. The highest BCUT2D eigenvalue weighted by Gasteiger charge is 2.10. The number of nitro groups is 1. The summed E-state index contributed by atoms with van der Waals surface area (Å²) in [6, 6.07) is 1.22. The molecular weight excluding hydrogens is 198 g/mol. The number of hydrogen-bond donors (Lipinski definition) is 1. The molecule has 82 valence electrons. The van der Waals surface area contributed by atoms with Crippen LogP contribution in [0.4, 0.5) is 5.69 Å². The van der Waals surface area contributed by atoms with Crippen molar-refractivity contribution < 1.29 is 4.92 Å². The van der Waals surface area contributed by atoms with Gasteiger partial charge in [0.25, 0.3) is 5.43 Å². The second-order valence-corrected chi connectivity index (χ2v) is 3.15. The van der Waals surface area contributed by atoms with Gasteiger partial charge in [-0.3, -0.25) is 14.9 Å². The maximum atomic E-state index is 11.1. The van der Waals surface area contributed by atoms with Crippen LogP contribution in [0.25, 0.3) is 0 Å². The van der Waals surface area contributed by atoms with Crippen molar-refractivity contribution in [3.05, 3.63) is 38.8 Å². The van der Waals surface area contributed by atoms with E-state index >= 15 is 0 Å². The quantitative estimate of drug-likeness (QED) is 0.433. The fraction of sp³-hybridized carbons (Fsp3) is 0.444. The van der Waals surface area contributed by atoms with E-state index in [4.69, 9.17) is 0 Å². The summed E-state index contributed by atoms with van der Waals surface area (Å²) in [5.41, 5.74) is -0.924. The van der Waals surface area contributed by atoms with Gasteiger partial charge in [0.1, 0.15) is 0 Å². The van der Waals surface area contributed by atoms with Crippen LogP contribution in [0.5, 0.6) is 0 Å². The fourth-order valence-electron chi connectivity index (χ4n) is 1.23. The summed E-state index contributed by atoms with van der Waals surface area (Å²) in [6.07, 6.45) is 3.69. The van der Waals surface area contributed by atoms with Crippen molar-refractivity contribution in [1.82, 2.24) is 9.88 Å². The van der Waals surface area contributed by atoms with E-state index in [0.29, 0.717) is 6.54 Å². The Kier molecular flexibility index (Phi) is 3.99. The number of aryl methyl sites for hydroxylation is 1. The molecule has 1 aromatic heterocycles. The smallest absolute Gasteiger partial charge is 0.332 e. The van der Waals surface area contributed by atoms with Gasteiger partial charge in [-0.2, -0.15) is 0 Å². The lowest BCUT2D eigenvalue weighted by atomic mass is 10.3. The molecule has 0 radical (unpaired) electrons. The number of rotatable bonds is 5. The Bertz CT molecular complexity index is 400. The maximum absolute atomic E-state index is 11.1. The molecule has 0 aromatic carbocycles. The van der Waals surface area contributed by atoms with E-state index in [1.807, 2.05) is 7.05 Å². The fourth-order valence-corrected chi connectivity index (χ4v) is 1.23. The first-order valence-electron chi connectivity index (χ1n) is 4.64. The third-order valence-corrected chi connectivity index (χ3v) is 2.00. The average molecular weight is 211 g/mol. The van der Waals surface area contributed by atoms with Gasteiger partial charge in [0.05, 0.1) is 11.1 Å². The zero-order valence-corrected chi connectivity index (χ0v) is 8.47. The number of nitrogens with zero attached hydrogens (tertiary/aromatic N) is 2. The summed E-state index contributed by atoms with van der Waals surface area (Å²) >= 11 is 0. The molecule has 0 aliphatic rings. The van der Waals surface area contributed by atoms with Crippen LogP contribution in [0, 0.1) is 10.1 Å². The van der Waals surface area contributed by atoms with E-state index in [1.54, 1.807) is 10.8 Å². The summed E-state index contributed by atoms with van der Waals surface area (Å²) in [5.74, 6) is 0. The third-order valence-electron chi connectivity index (χ3n) is 2.00. The van der Waals surface area contributed by atoms with Gasteiger partial charge >= 0.3 is 5.69 Å². The molecule has 0 atom stereocenters. The standard InChI is InChI=1S/C9H13N3O3/c1-10-4-2-5-11-6-3-9(13)8(7-11)12(14)15/h3,6-7,10H,2,4-5H2,1H3. The predicted molar refractivity (Wildman–Crippen MR) is 55.9 cm³/mol. The number of aromatic nitrogens is 1. The van der Waals surface area contributed by atoms with E-state index in [0.717, 1.165) is 13.0 Å². The molecule has 0 fully saturated rings. The summed E-state index contributed by atoms with van der Waals surface area (Å²) in [6.45, 7) is 1.49. The first kappa shape index (κ1) is 11.4. The molecule has 0 amide bonds. The number of pyridine rings is 1. The van der Waals surface area contributed by atoms with E-state index in [2.05, 4.69) is 5.32 Å². The Morgan fingerprint density at radius 1 is 1.60 bits per heavy atom. The molecule has 6 nitrogen and oxygen atoms in total. The second-order valence-electron chi connectivity index (χ2n) is 3.15. The Balaban J connectivity index is 2.79. The van der Waals surface area contributed by atoms with Crippen LogP contribution in [0.1, 0.15) is 6.42 Å². The van der Waals surface area contributed by atoms with E-state index in [1.165, 1.54) is 12.3 Å². The summed E-state index contributed by atoms with van der Waals surface area (Å²) in [4.78, 5) is 20.9. The molecule has 0 aliphatic carbocycles. The predicted octanol–water partition coefficient (Wildman–Crippen LogP) is 0.366. The topological polar surface area (TPSA) is 77.2 Å². The summed E-state index contributed by atoms with van der Waals surface area (Å²) in [7, 11) is 1.84. The van der Waals surface area contributed by atoms with Gasteiger partial charge in [-0.15, -0.1) is 0 Å². The molecule has 6 heteroatoms. The van der Waals surface area contributed by atoms with Crippen molar-refractivity contribution in [3.63, 3.8) is 0 Å². The van der Waals surface area contributed by atoms with Gasteiger partial charge in [-0.25, -0.2) is 0 Å². The minimum Gasteiger partial charge on any atom is -0.348 e. The first-order valence-corrected chi connectivity index (χ1v) is 4.64. The van der Waals surface area contributed by atoms with Crippen LogP contribution < -0.4 is 10.7 Å². The Labute approximate surface area is 86.7 Å². The van der Waals surface area contributed by atoms with Crippen molar-refractivity contribution >= 4 is 5.69 Å². The molecule has 0 spiro atoms. The van der Waals surface area contributed by atoms with Gasteiger partial charge in [0, 0.05) is 18.8 Å². The SMILES string of the molecule is CNCCCn1ccc(=O)c([N+](=O)[O-])c1. The molecule has 0 saturated carbocycles. The van der Waals surface area contributed by atoms with Crippen LogP contribution in [0.3, 0.4) is 0 Å². The average Bonchev–Trinajstić information content (AvgIpc) is 2.20. The lowest BCUT2D eigenvalue weighted by molar-refractivity contribution is -0.386. The molecular formula is C9H13N3O3. The second kappa shape index (κ2) is 5.26. The van der Waals surface area contributed by atoms with Crippen molar-refractivity contribution in [2.45, 2.75) is 13.0 Å². The number of nitrogens with one attached hydrogen (secondary N) is 1. The Morgan fingerprint density at radius 3 is 2.93 bits per heavy atom. The van der Waals surface area contributed by atoms with Gasteiger partial charge in [0.15, 0.2) is 0 Å². The molecule has 1 aromatic rings. The Morgan fingerprint density at radius 2 is 2.33 bits per heavy atom. The van der Waals surface area contributed by atoms with Crippen LogP contribution in [0.2, 0.25) is 0 Å². The van der Waals surface area contributed by atoms with Crippen molar-refractivity contribution in [3.8, 4) is 0 Å². The van der Waals surface area contributed by atoms with Gasteiger partial charge in [0.2, 0.25) is 0 Å². The van der Waals surface area contributed by atoms with Gasteiger partial charge < -0.3 is 9.88 Å². The van der Waals surface area contributed by atoms with Crippen LogP contribution in [0.15, 0.2) is 23.3 Å². The zero-order chi connectivity index (χ0) is 11.3. The van der Waals surface area contributed by atoms with E-state index in [9.17, 15) is 14.9 Å². The molecule has 1 N–H and O–H groups in total. The summed E-state index contributed by atoms with van der Waals surface area (Å²) < 4.78 is 1.65. The minimum atomic E-state index is -0.656. The van der Waals surface area contributed by atoms with E-state index in [-0.39, 0.29) is 5.69 Å². The molecule has 0 aliphatic heterocycles. The number of hydrogen-bond acceptors (Lipinski definition) is 4. The molecule has 0 bridgehead atoms. The molecule has 15 heavy (non-hydrogen) atoms. The monoisotopic (exact) mass is 211 g/mol. The van der Waals surface area contributed by atoms with Crippen LogP contribution >= 0.6 is 0 Å². The molecule has 0 unspecified atom stereocenters. The zero-order valence-electron chi connectivity index (χ0n) is 8.47. The summed E-state index contributed by atoms with van der Waals surface area (Å²) in [5, 5.41) is 13.5. The lowest BCUT2D eigenvalue weighted by Gasteiger charge is -2.04. The molecule has 1 heterocycles. The third kappa shape index (κ3) is 3.17. The maximum Gasteiger partial charge on any atom is 0.332 e. The minimum absolute atomic E-state index is 0.373. The van der Waals surface area contributed by atoms with Crippen LogP contribution in [-0.2, 0) is 6.54 Å². The van der Waals surface area contributed by atoms with Crippen molar-refractivity contribution in [2.75, 3.05) is 13.6 Å². The highest BCUT2D eigenvalue weighted by atomic mass is 16.6.